The number of nitrogens with zero attached hydrogens (tertiary/aromatic N) is 2. The van der Waals surface area contributed by atoms with E-state index in [1.807, 2.05) is 0 Å². The van der Waals surface area contributed by atoms with Crippen LogP contribution in [0.2, 0.25) is 0 Å². The third kappa shape index (κ3) is 3.57. The van der Waals surface area contributed by atoms with Crippen molar-refractivity contribution in [2.45, 2.75) is 6.04 Å². The number of halogens is 2. The molecule has 9 heteroatoms. The van der Waals surface area contributed by atoms with Crippen LogP contribution in [0.25, 0.3) is 0 Å². The number of amides is 1. The van der Waals surface area contributed by atoms with E-state index in [9.17, 15) is 23.5 Å². The Bertz CT molecular complexity index is 1140. The molecule has 0 saturated carbocycles. The third-order valence-electron chi connectivity index (χ3n) is 4.41. The fourth-order valence-electron chi connectivity index (χ4n) is 3.05. The third-order valence-corrected chi connectivity index (χ3v) is 4.41. The molecule has 29 heavy (non-hydrogen) atoms. The minimum atomic E-state index is -1.22. The Morgan fingerprint density at radius 3 is 2.55 bits per heavy atom. The second-order valence-electron chi connectivity index (χ2n) is 6.32. The summed E-state index contributed by atoms with van der Waals surface area (Å²) in [5, 5.41) is 18.9. The Kier molecular flexibility index (Phi) is 4.55. The van der Waals surface area contributed by atoms with Gasteiger partial charge in [-0.15, -0.1) is 0 Å². The van der Waals surface area contributed by atoms with Crippen molar-refractivity contribution in [3.05, 3.63) is 89.3 Å². The van der Waals surface area contributed by atoms with Crippen molar-refractivity contribution in [2.75, 3.05) is 10.6 Å². The predicted molar refractivity (Wildman–Crippen MR) is 100 cm³/mol. The Morgan fingerprint density at radius 2 is 1.86 bits per heavy atom. The van der Waals surface area contributed by atoms with Crippen LogP contribution in [0.4, 0.5) is 20.3 Å². The summed E-state index contributed by atoms with van der Waals surface area (Å²) in [4.78, 5) is 24.2. The minimum Gasteiger partial charge on any atom is -0.477 e. The highest BCUT2D eigenvalue weighted by Gasteiger charge is 2.29. The standard InChI is InChI=1S/C20H14F2N4O3/c21-12-6-4-11(5-7-12)17-9-16(20(28)29)25-18-15(10-23-26(17)18)19(27)24-14-3-1-2-13(22)8-14/h1-10,17,25H,(H,24,27)(H,28,29). The highest BCUT2D eigenvalue weighted by Crippen LogP contribution is 2.32. The molecule has 3 N–H and O–H groups in total. The largest absolute Gasteiger partial charge is 0.477 e. The number of allylic oxidation sites excluding steroid dienone is 1. The summed E-state index contributed by atoms with van der Waals surface area (Å²) in [7, 11) is 0. The first-order valence-electron chi connectivity index (χ1n) is 8.54. The number of carbonyl (C=O) groups is 2. The zero-order valence-corrected chi connectivity index (χ0v) is 14.8. The van der Waals surface area contributed by atoms with E-state index >= 15 is 0 Å². The maximum absolute atomic E-state index is 13.4. The molecule has 0 spiro atoms. The number of rotatable bonds is 4. The maximum Gasteiger partial charge on any atom is 0.352 e. The molecule has 4 rings (SSSR count). The van der Waals surface area contributed by atoms with E-state index in [4.69, 9.17) is 0 Å². The highest BCUT2D eigenvalue weighted by molar-refractivity contribution is 6.08. The molecule has 0 aliphatic carbocycles. The average Bonchev–Trinajstić information content (AvgIpc) is 3.12. The molecule has 146 valence electrons. The molecular formula is C20H14F2N4O3. The second-order valence-corrected chi connectivity index (χ2v) is 6.32. The van der Waals surface area contributed by atoms with Crippen LogP contribution in [-0.2, 0) is 4.79 Å². The van der Waals surface area contributed by atoms with Crippen LogP contribution >= 0.6 is 0 Å². The molecule has 7 nitrogen and oxygen atoms in total. The number of nitrogens with one attached hydrogen (secondary N) is 2. The number of anilines is 2. The first-order valence-corrected chi connectivity index (χ1v) is 8.54. The minimum absolute atomic E-state index is 0.0771. The molecule has 2 heterocycles. The number of aliphatic carboxylic acids is 1. The summed E-state index contributed by atoms with van der Waals surface area (Å²) in [6.45, 7) is 0. The van der Waals surface area contributed by atoms with Crippen molar-refractivity contribution < 1.29 is 23.5 Å². The van der Waals surface area contributed by atoms with Crippen molar-refractivity contribution in [3.63, 3.8) is 0 Å². The Hall–Kier alpha value is -4.01. The number of aromatic nitrogens is 2. The topological polar surface area (TPSA) is 96.2 Å². The van der Waals surface area contributed by atoms with Gasteiger partial charge in [-0.1, -0.05) is 18.2 Å². The molecule has 3 aromatic rings. The number of carboxylic acids is 1. The van der Waals surface area contributed by atoms with Crippen LogP contribution in [0.5, 0.6) is 0 Å². The Labute approximate surface area is 163 Å². The predicted octanol–water partition coefficient (Wildman–Crippen LogP) is 3.40. The lowest BCUT2D eigenvalue weighted by molar-refractivity contribution is -0.132. The first kappa shape index (κ1) is 18.4. The van der Waals surface area contributed by atoms with Crippen molar-refractivity contribution >= 4 is 23.4 Å². The van der Waals surface area contributed by atoms with Crippen LogP contribution in [-0.4, -0.2) is 26.8 Å². The quantitative estimate of drug-likeness (QED) is 0.628. The molecular weight excluding hydrogens is 382 g/mol. The van der Waals surface area contributed by atoms with Gasteiger partial charge in [0, 0.05) is 5.69 Å². The Morgan fingerprint density at radius 1 is 1.10 bits per heavy atom. The number of carbonyl (C=O) groups excluding carboxylic acids is 1. The summed E-state index contributed by atoms with van der Waals surface area (Å²) in [6.07, 6.45) is 2.70. The molecule has 0 saturated heterocycles. The lowest BCUT2D eigenvalue weighted by Gasteiger charge is -2.24. The van der Waals surface area contributed by atoms with Crippen LogP contribution < -0.4 is 10.6 Å². The smallest absolute Gasteiger partial charge is 0.352 e. The van der Waals surface area contributed by atoms with Crippen LogP contribution in [0.15, 0.2) is 66.5 Å². The van der Waals surface area contributed by atoms with Crippen LogP contribution in [0.1, 0.15) is 22.0 Å². The van der Waals surface area contributed by atoms with Crippen molar-refractivity contribution in [3.8, 4) is 0 Å². The fraction of sp³-hybridized carbons (Fsp3) is 0.0500. The van der Waals surface area contributed by atoms with E-state index in [2.05, 4.69) is 15.7 Å². The van der Waals surface area contributed by atoms with E-state index in [1.54, 1.807) is 0 Å². The van der Waals surface area contributed by atoms with Gasteiger partial charge >= 0.3 is 5.97 Å². The molecule has 1 aromatic heterocycles. The van der Waals surface area contributed by atoms with E-state index in [-0.39, 0.29) is 22.8 Å². The zero-order chi connectivity index (χ0) is 20.5. The number of fused-ring (bicyclic) bond motifs is 1. The van der Waals surface area contributed by atoms with Crippen molar-refractivity contribution in [1.82, 2.24) is 9.78 Å². The number of hydrogen-bond donors (Lipinski definition) is 3. The van der Waals surface area contributed by atoms with Crippen LogP contribution in [0.3, 0.4) is 0 Å². The van der Waals surface area contributed by atoms with Gasteiger partial charge in [0.2, 0.25) is 0 Å². The van der Waals surface area contributed by atoms with Gasteiger partial charge in [0.1, 0.15) is 28.7 Å². The van der Waals surface area contributed by atoms with Gasteiger partial charge in [-0.05, 0) is 42.0 Å². The van der Waals surface area contributed by atoms with Gasteiger partial charge in [0.05, 0.1) is 12.2 Å². The van der Waals surface area contributed by atoms with Crippen LogP contribution in [0, 0.1) is 11.6 Å². The summed E-state index contributed by atoms with van der Waals surface area (Å²) in [6, 6.07) is 10.3. The van der Waals surface area contributed by atoms with Gasteiger partial charge in [-0.3, -0.25) is 4.79 Å². The lowest BCUT2D eigenvalue weighted by atomic mass is 10.0. The first-order chi connectivity index (χ1) is 13.9. The number of hydrogen-bond acceptors (Lipinski definition) is 4. The molecule has 0 radical (unpaired) electrons. The van der Waals surface area contributed by atoms with Crippen molar-refractivity contribution in [2.24, 2.45) is 0 Å². The monoisotopic (exact) mass is 396 g/mol. The van der Waals surface area contributed by atoms with E-state index in [1.165, 1.54) is 59.4 Å². The molecule has 2 aromatic carbocycles. The molecule has 0 fully saturated rings. The number of benzene rings is 2. The van der Waals surface area contributed by atoms with E-state index in [0.717, 1.165) is 6.07 Å². The molecule has 0 bridgehead atoms. The van der Waals surface area contributed by atoms with Gasteiger partial charge in [0.25, 0.3) is 5.91 Å². The fourth-order valence-corrected chi connectivity index (χ4v) is 3.05. The summed E-state index contributed by atoms with van der Waals surface area (Å²) >= 11 is 0. The summed E-state index contributed by atoms with van der Waals surface area (Å²) < 4.78 is 28.1. The highest BCUT2D eigenvalue weighted by atomic mass is 19.1. The summed E-state index contributed by atoms with van der Waals surface area (Å²) in [5.74, 6) is -2.59. The molecule has 1 amide bonds. The molecule has 1 atom stereocenters. The number of carboxylic acid groups (broad SMARTS) is 1. The molecule has 1 unspecified atom stereocenters. The Balaban J connectivity index is 1.72. The summed E-state index contributed by atoms with van der Waals surface area (Å²) in [5.41, 5.74) is 0.767. The SMILES string of the molecule is O=C(O)C1=CC(c2ccc(F)cc2)n2ncc(C(=O)Nc3cccc(F)c3)c2N1. The van der Waals surface area contributed by atoms with Gasteiger partial charge in [0.15, 0.2) is 0 Å². The maximum atomic E-state index is 13.4. The average molecular weight is 396 g/mol. The van der Waals surface area contributed by atoms with Gasteiger partial charge in [-0.25, -0.2) is 18.3 Å². The normalized spacial score (nSPS) is 15.1. The van der Waals surface area contributed by atoms with E-state index in [0.29, 0.717) is 5.56 Å². The lowest BCUT2D eigenvalue weighted by Crippen LogP contribution is -2.25. The zero-order valence-electron chi connectivity index (χ0n) is 14.8. The van der Waals surface area contributed by atoms with Crippen molar-refractivity contribution in [1.29, 1.82) is 0 Å². The van der Waals surface area contributed by atoms with E-state index < -0.39 is 29.6 Å². The molecule has 1 aliphatic heterocycles. The molecule has 1 aliphatic rings. The second kappa shape index (κ2) is 7.19. The van der Waals surface area contributed by atoms with Gasteiger partial charge in [-0.2, -0.15) is 5.10 Å². The van der Waals surface area contributed by atoms with Gasteiger partial charge < -0.3 is 15.7 Å².